The summed E-state index contributed by atoms with van der Waals surface area (Å²) in [5, 5.41) is 7.44. The number of dihydropyridines is 1. The molecule has 0 amide bonds. The van der Waals surface area contributed by atoms with Crippen LogP contribution in [-0.4, -0.2) is 17.9 Å². The maximum atomic E-state index is 13.1. The number of allylic oxidation sites excluding steroid dienone is 3. The van der Waals surface area contributed by atoms with Gasteiger partial charge in [-0.1, -0.05) is 13.8 Å². The van der Waals surface area contributed by atoms with Crippen molar-refractivity contribution in [2.75, 3.05) is 0 Å². The van der Waals surface area contributed by atoms with Gasteiger partial charge < -0.3 is 10.1 Å². The van der Waals surface area contributed by atoms with Crippen LogP contribution >= 0.6 is 11.3 Å². The smallest absolute Gasteiger partial charge is 0.337 e. The van der Waals surface area contributed by atoms with Crippen molar-refractivity contribution in [3.05, 3.63) is 44.9 Å². The zero-order valence-corrected chi connectivity index (χ0v) is 17.1. The van der Waals surface area contributed by atoms with E-state index in [1.807, 2.05) is 23.8 Å². The highest BCUT2D eigenvalue weighted by atomic mass is 32.1. The van der Waals surface area contributed by atoms with E-state index in [0.717, 1.165) is 54.6 Å². The maximum Gasteiger partial charge on any atom is 0.337 e. The quantitative estimate of drug-likeness (QED) is 0.757. The third kappa shape index (κ3) is 3.49. The minimum atomic E-state index is -0.315. The first kappa shape index (κ1) is 18.5. The molecular formula is C22H27NO3S. The molecule has 1 aliphatic heterocycles. The lowest BCUT2D eigenvalue weighted by atomic mass is 9.69. The molecule has 1 saturated carbocycles. The van der Waals surface area contributed by atoms with Crippen molar-refractivity contribution in [1.82, 2.24) is 5.32 Å². The third-order valence-corrected chi connectivity index (χ3v) is 6.61. The van der Waals surface area contributed by atoms with Crippen LogP contribution in [0.3, 0.4) is 0 Å². The largest absolute Gasteiger partial charge is 0.459 e. The van der Waals surface area contributed by atoms with Crippen LogP contribution < -0.4 is 5.32 Å². The van der Waals surface area contributed by atoms with E-state index in [9.17, 15) is 9.59 Å². The standard InChI is InChI=1S/C22H27NO3S/c1-13-18(21(25)26-15-6-4-5-7-15)19(14-8-9-27-12-14)20-16(23-13)10-22(2,3)11-17(20)24/h8-9,12,15,19,23H,4-7,10-11H2,1-3H3/t19-/m0/s1. The van der Waals surface area contributed by atoms with Gasteiger partial charge in [0.15, 0.2) is 5.78 Å². The van der Waals surface area contributed by atoms with Crippen molar-refractivity contribution in [3.63, 3.8) is 0 Å². The van der Waals surface area contributed by atoms with Gasteiger partial charge in [0.05, 0.1) is 5.57 Å². The number of carbonyl (C=O) groups is 2. The van der Waals surface area contributed by atoms with Gasteiger partial charge in [0.25, 0.3) is 0 Å². The Hall–Kier alpha value is -1.88. The summed E-state index contributed by atoms with van der Waals surface area (Å²) in [6.45, 7) is 6.18. The molecule has 4 rings (SSSR count). The summed E-state index contributed by atoms with van der Waals surface area (Å²) in [5.74, 6) is -0.444. The normalized spacial score (nSPS) is 25.4. The lowest BCUT2D eigenvalue weighted by Gasteiger charge is -2.39. The van der Waals surface area contributed by atoms with E-state index in [4.69, 9.17) is 4.74 Å². The van der Waals surface area contributed by atoms with E-state index in [-0.39, 0.29) is 29.2 Å². The fourth-order valence-electron chi connectivity index (χ4n) is 4.70. The molecular weight excluding hydrogens is 358 g/mol. The summed E-state index contributed by atoms with van der Waals surface area (Å²) in [7, 11) is 0. The molecule has 0 aromatic carbocycles. The number of hydrogen-bond acceptors (Lipinski definition) is 5. The summed E-state index contributed by atoms with van der Waals surface area (Å²) < 4.78 is 5.84. The molecule has 2 heterocycles. The minimum Gasteiger partial charge on any atom is -0.459 e. The molecule has 0 bridgehead atoms. The second-order valence-electron chi connectivity index (χ2n) is 8.80. The number of nitrogens with one attached hydrogen (secondary N) is 1. The molecule has 0 spiro atoms. The number of hydrogen-bond donors (Lipinski definition) is 1. The highest BCUT2D eigenvalue weighted by Gasteiger charge is 2.43. The highest BCUT2D eigenvalue weighted by Crippen LogP contribution is 2.47. The Bertz CT molecular complexity index is 826. The van der Waals surface area contributed by atoms with Gasteiger partial charge in [0.2, 0.25) is 0 Å². The van der Waals surface area contributed by atoms with Crippen LogP contribution in [0.1, 0.15) is 70.8 Å². The van der Waals surface area contributed by atoms with E-state index >= 15 is 0 Å². The second-order valence-corrected chi connectivity index (χ2v) is 9.58. The third-order valence-electron chi connectivity index (χ3n) is 5.91. The van der Waals surface area contributed by atoms with E-state index < -0.39 is 0 Å². The number of rotatable bonds is 3. The lowest BCUT2D eigenvalue weighted by Crippen LogP contribution is -2.39. The summed E-state index contributed by atoms with van der Waals surface area (Å²) in [4.78, 5) is 26.2. The van der Waals surface area contributed by atoms with Gasteiger partial charge >= 0.3 is 5.97 Å². The molecule has 27 heavy (non-hydrogen) atoms. The SMILES string of the molecule is CC1=C(C(=O)OC2CCCC2)[C@H](c2ccsc2)C2=C(CC(C)(C)CC2=O)N1. The summed E-state index contributed by atoms with van der Waals surface area (Å²) in [6.07, 6.45) is 5.45. The number of ether oxygens (including phenoxy) is 1. The molecule has 1 atom stereocenters. The molecule has 144 valence electrons. The van der Waals surface area contributed by atoms with Gasteiger partial charge in [-0.3, -0.25) is 4.79 Å². The van der Waals surface area contributed by atoms with Crippen molar-refractivity contribution in [1.29, 1.82) is 0 Å². The minimum absolute atomic E-state index is 0.0114. The Labute approximate surface area is 164 Å². The van der Waals surface area contributed by atoms with Crippen molar-refractivity contribution in [2.45, 2.75) is 71.3 Å². The second kappa shape index (κ2) is 6.93. The molecule has 1 aromatic heterocycles. The molecule has 0 radical (unpaired) electrons. The zero-order valence-electron chi connectivity index (χ0n) is 16.3. The van der Waals surface area contributed by atoms with Crippen LogP contribution in [0.25, 0.3) is 0 Å². The molecule has 4 nitrogen and oxygen atoms in total. The van der Waals surface area contributed by atoms with E-state index in [1.165, 1.54) is 0 Å². The zero-order chi connectivity index (χ0) is 19.2. The fraction of sp³-hybridized carbons (Fsp3) is 0.545. The molecule has 2 aliphatic carbocycles. The fourth-order valence-corrected chi connectivity index (χ4v) is 5.39. The van der Waals surface area contributed by atoms with Gasteiger partial charge in [0, 0.05) is 29.3 Å². The van der Waals surface area contributed by atoms with Crippen molar-refractivity contribution in [2.24, 2.45) is 5.41 Å². The topological polar surface area (TPSA) is 55.4 Å². The summed E-state index contributed by atoms with van der Waals surface area (Å²) in [6, 6.07) is 2.02. The number of thiophene rings is 1. The van der Waals surface area contributed by atoms with Crippen LogP contribution in [0.15, 0.2) is 39.4 Å². The van der Waals surface area contributed by atoms with Crippen molar-refractivity contribution in [3.8, 4) is 0 Å². The van der Waals surface area contributed by atoms with Crippen LogP contribution in [-0.2, 0) is 14.3 Å². The van der Waals surface area contributed by atoms with E-state index in [1.54, 1.807) is 11.3 Å². The van der Waals surface area contributed by atoms with Gasteiger partial charge in [-0.25, -0.2) is 4.79 Å². The van der Waals surface area contributed by atoms with E-state index in [0.29, 0.717) is 12.0 Å². The number of carbonyl (C=O) groups excluding carboxylic acids is 2. The first-order valence-corrected chi connectivity index (χ1v) is 10.8. The first-order chi connectivity index (χ1) is 12.9. The summed E-state index contributed by atoms with van der Waals surface area (Å²) >= 11 is 1.59. The summed E-state index contributed by atoms with van der Waals surface area (Å²) in [5.41, 5.74) is 4.11. The lowest BCUT2D eigenvalue weighted by molar-refractivity contribution is -0.144. The maximum absolute atomic E-state index is 13.1. The Morgan fingerprint density at radius 3 is 2.67 bits per heavy atom. The van der Waals surface area contributed by atoms with Crippen molar-refractivity contribution >= 4 is 23.1 Å². The molecule has 5 heteroatoms. The number of ketones is 1. The molecule has 0 unspecified atom stereocenters. The molecule has 1 aromatic rings. The van der Waals surface area contributed by atoms with Crippen LogP contribution in [0.5, 0.6) is 0 Å². The monoisotopic (exact) mass is 385 g/mol. The Kier molecular flexibility index (Phi) is 4.75. The molecule has 3 aliphatic rings. The average Bonchev–Trinajstić information content (AvgIpc) is 3.25. The number of Topliss-reactive ketones (excluding diaryl/α,β-unsaturated/α-hetero) is 1. The Morgan fingerprint density at radius 1 is 1.26 bits per heavy atom. The van der Waals surface area contributed by atoms with Crippen molar-refractivity contribution < 1.29 is 14.3 Å². The average molecular weight is 386 g/mol. The van der Waals surface area contributed by atoms with Gasteiger partial charge in [-0.05, 0) is 66.8 Å². The van der Waals surface area contributed by atoms with Crippen LogP contribution in [0.2, 0.25) is 0 Å². The van der Waals surface area contributed by atoms with Gasteiger partial charge in [-0.2, -0.15) is 11.3 Å². The Balaban J connectivity index is 1.74. The predicted octanol–water partition coefficient (Wildman–Crippen LogP) is 4.84. The highest BCUT2D eigenvalue weighted by molar-refractivity contribution is 7.08. The van der Waals surface area contributed by atoms with Gasteiger partial charge in [-0.15, -0.1) is 0 Å². The van der Waals surface area contributed by atoms with Crippen LogP contribution in [0, 0.1) is 5.41 Å². The predicted molar refractivity (Wildman–Crippen MR) is 106 cm³/mol. The van der Waals surface area contributed by atoms with E-state index in [2.05, 4.69) is 19.2 Å². The molecule has 0 saturated heterocycles. The first-order valence-electron chi connectivity index (χ1n) is 9.83. The number of esters is 1. The molecule has 1 fully saturated rings. The van der Waals surface area contributed by atoms with Gasteiger partial charge in [0.1, 0.15) is 6.10 Å². The molecule has 1 N–H and O–H groups in total. The van der Waals surface area contributed by atoms with Crippen LogP contribution in [0.4, 0.5) is 0 Å². The Morgan fingerprint density at radius 2 is 2.00 bits per heavy atom.